The number of hydrogen-bond acceptors (Lipinski definition) is 1. The quantitative estimate of drug-likeness (QED) is 0.0492. The van der Waals surface area contributed by atoms with E-state index >= 15 is 0 Å². The molecule has 6 aromatic carbocycles. The van der Waals surface area contributed by atoms with Gasteiger partial charge in [-0.25, -0.2) is 0 Å². The molecule has 0 atom stereocenters. The van der Waals surface area contributed by atoms with Crippen LogP contribution in [0.4, 0.5) is 0 Å². The van der Waals surface area contributed by atoms with Crippen LogP contribution in [-0.4, -0.2) is 6.61 Å². The second-order valence-electron chi connectivity index (χ2n) is 22.7. The van der Waals surface area contributed by atoms with Crippen LogP contribution in [0.5, 0.6) is 5.75 Å². The van der Waals surface area contributed by atoms with E-state index in [-0.39, 0.29) is 18.3 Å². The monoisotopic (exact) mass is 979 g/mol. The zero-order valence-corrected chi connectivity index (χ0v) is 47.1. The van der Waals surface area contributed by atoms with Crippen molar-refractivity contribution in [2.75, 3.05) is 6.61 Å². The molecule has 1 heteroatoms. The summed E-state index contributed by atoms with van der Waals surface area (Å²) in [5.74, 6) is 1.01. The van der Waals surface area contributed by atoms with Crippen LogP contribution in [0.1, 0.15) is 242 Å². The lowest BCUT2D eigenvalue weighted by Crippen LogP contribution is -2.30. The molecular formula is C72H98O. The van der Waals surface area contributed by atoms with Crippen molar-refractivity contribution < 1.29 is 4.74 Å². The van der Waals surface area contributed by atoms with Gasteiger partial charge in [0.25, 0.3) is 0 Å². The van der Waals surface area contributed by atoms with Crippen molar-refractivity contribution in [2.45, 2.75) is 229 Å². The minimum absolute atomic E-state index is 0. The lowest BCUT2D eigenvalue weighted by molar-refractivity contribution is 0.302. The van der Waals surface area contributed by atoms with Crippen molar-refractivity contribution >= 4 is 0 Å². The van der Waals surface area contributed by atoms with Gasteiger partial charge >= 0.3 is 0 Å². The molecular weight excluding hydrogens is 881 g/mol. The van der Waals surface area contributed by atoms with Crippen LogP contribution in [0.3, 0.4) is 0 Å². The average Bonchev–Trinajstić information content (AvgIpc) is 3.79. The van der Waals surface area contributed by atoms with Gasteiger partial charge in [0.05, 0.1) is 12.0 Å². The van der Waals surface area contributed by atoms with Gasteiger partial charge in [0.1, 0.15) is 5.75 Å². The van der Waals surface area contributed by atoms with Crippen LogP contribution in [0.2, 0.25) is 0 Å². The van der Waals surface area contributed by atoms with E-state index in [1.807, 2.05) is 0 Å². The molecule has 0 heterocycles. The van der Waals surface area contributed by atoms with E-state index in [0.29, 0.717) is 0 Å². The van der Waals surface area contributed by atoms with Crippen LogP contribution >= 0.6 is 0 Å². The van der Waals surface area contributed by atoms with E-state index in [2.05, 4.69) is 178 Å². The third-order valence-corrected chi connectivity index (χ3v) is 16.7. The van der Waals surface area contributed by atoms with Gasteiger partial charge in [-0.15, -0.1) is 0 Å². The maximum absolute atomic E-state index is 6.36. The Balaban J connectivity index is 0.000000244. The highest BCUT2D eigenvalue weighted by Gasteiger charge is 2.47. The summed E-state index contributed by atoms with van der Waals surface area (Å²) in [6, 6.07) is 42.4. The zero-order chi connectivity index (χ0) is 51.1. The van der Waals surface area contributed by atoms with Crippen LogP contribution in [0.25, 0.3) is 22.3 Å². The Kier molecular flexibility index (Phi) is 21.7. The van der Waals surface area contributed by atoms with E-state index in [9.17, 15) is 0 Å². The van der Waals surface area contributed by atoms with Crippen molar-refractivity contribution in [2.24, 2.45) is 0 Å². The maximum atomic E-state index is 6.36. The maximum Gasteiger partial charge on any atom is 0.122 e. The third kappa shape index (κ3) is 13.3. The predicted octanol–water partition coefficient (Wildman–Crippen LogP) is 21.8. The van der Waals surface area contributed by atoms with Gasteiger partial charge in [-0.2, -0.15) is 0 Å². The summed E-state index contributed by atoms with van der Waals surface area (Å²) in [4.78, 5) is 0. The summed E-state index contributed by atoms with van der Waals surface area (Å²) in [5.41, 5.74) is 23.6. The van der Waals surface area contributed by atoms with E-state index in [0.717, 1.165) is 18.8 Å². The topological polar surface area (TPSA) is 9.23 Å². The first-order valence-corrected chi connectivity index (χ1v) is 29.2. The Morgan fingerprint density at radius 1 is 0.329 bits per heavy atom. The van der Waals surface area contributed by atoms with Gasteiger partial charge in [-0.1, -0.05) is 281 Å². The van der Waals surface area contributed by atoms with Gasteiger partial charge in [0, 0.05) is 5.41 Å². The number of fused-ring (bicyclic) bond motifs is 6. The lowest BCUT2D eigenvalue weighted by Gasteiger charge is -2.36. The van der Waals surface area contributed by atoms with Gasteiger partial charge in [-0.05, 0) is 141 Å². The standard InChI is InChI=1S/C40H48O.C31H46.CH4/c1-7-8-9-10-11-12-13-14-23-41-39-22-19-33(27-32(39)6)40(36-24-28(2)15-18-31(36)5)37-25-29(3)16-20-34(37)35-21-17-30(4)26-38(35)40;1-5-7-9-11-13-15-21-31(22-16-14-12-10-8-6-2)29-23-25(3)17-19-27(29)28-20-18-26(4)24-30(28)31;/h15-22,24-27H,7-14,23H2,1-6H3;17-20,23-24H,5-16,21-22H2,1-4H3;1H4. The van der Waals surface area contributed by atoms with Gasteiger partial charge < -0.3 is 4.74 Å². The van der Waals surface area contributed by atoms with Crippen LogP contribution < -0.4 is 4.74 Å². The fourth-order valence-corrected chi connectivity index (χ4v) is 12.7. The van der Waals surface area contributed by atoms with E-state index in [4.69, 9.17) is 4.74 Å². The molecule has 6 aromatic rings. The Morgan fingerprint density at radius 2 is 0.685 bits per heavy atom. The number of benzene rings is 6. The largest absolute Gasteiger partial charge is 0.493 e. The van der Waals surface area contributed by atoms with Crippen LogP contribution in [-0.2, 0) is 10.8 Å². The molecule has 0 saturated carbocycles. The molecule has 0 spiro atoms. The fourth-order valence-electron chi connectivity index (χ4n) is 12.7. The summed E-state index contributed by atoms with van der Waals surface area (Å²) >= 11 is 0. The molecule has 0 aliphatic heterocycles. The molecule has 0 N–H and O–H groups in total. The molecule has 0 bridgehead atoms. The Labute approximate surface area is 447 Å². The van der Waals surface area contributed by atoms with Crippen molar-refractivity contribution in [1.82, 2.24) is 0 Å². The Morgan fingerprint density at radius 3 is 1.11 bits per heavy atom. The average molecular weight is 980 g/mol. The normalized spacial score (nSPS) is 13.3. The van der Waals surface area contributed by atoms with E-state index in [1.165, 1.54) is 218 Å². The van der Waals surface area contributed by atoms with Gasteiger partial charge in [0.2, 0.25) is 0 Å². The molecule has 8 rings (SSSR count). The Bertz CT molecular complexity index is 2550. The minimum Gasteiger partial charge on any atom is -0.493 e. The zero-order valence-electron chi connectivity index (χ0n) is 47.1. The summed E-state index contributed by atoms with van der Waals surface area (Å²) in [6.45, 7) is 23.4. The van der Waals surface area contributed by atoms with Crippen molar-refractivity contribution in [3.8, 4) is 28.0 Å². The number of unbranched alkanes of at least 4 members (excludes halogenated alkanes) is 17. The van der Waals surface area contributed by atoms with Crippen molar-refractivity contribution in [3.05, 3.63) is 182 Å². The summed E-state index contributed by atoms with van der Waals surface area (Å²) in [5, 5.41) is 0. The molecule has 392 valence electrons. The molecule has 2 aliphatic carbocycles. The summed E-state index contributed by atoms with van der Waals surface area (Å²) in [6.07, 6.45) is 29.7. The second kappa shape index (κ2) is 27.6. The highest BCUT2D eigenvalue weighted by molar-refractivity contribution is 5.87. The first-order valence-electron chi connectivity index (χ1n) is 29.2. The lowest BCUT2D eigenvalue weighted by atomic mass is 9.65. The SMILES string of the molecule is C.CCCCCCCCC1(CCCCCCCC)c2cc(C)ccc2-c2ccc(C)cc21.CCCCCCCCCCOc1ccc(C2(c3cc(C)ccc3C)c3cc(C)ccc3-c3ccc(C)cc32)cc1C. The molecule has 73 heavy (non-hydrogen) atoms. The summed E-state index contributed by atoms with van der Waals surface area (Å²) < 4.78 is 6.36. The number of rotatable bonds is 26. The second-order valence-corrected chi connectivity index (χ2v) is 22.7. The molecule has 1 nitrogen and oxygen atoms in total. The highest BCUT2D eigenvalue weighted by atomic mass is 16.5. The van der Waals surface area contributed by atoms with Crippen molar-refractivity contribution in [3.63, 3.8) is 0 Å². The van der Waals surface area contributed by atoms with E-state index in [1.54, 1.807) is 11.1 Å². The van der Waals surface area contributed by atoms with Gasteiger partial charge in [-0.3, -0.25) is 0 Å². The number of ether oxygens (including phenoxy) is 1. The Hall–Kier alpha value is -4.88. The molecule has 2 aliphatic rings. The summed E-state index contributed by atoms with van der Waals surface area (Å²) in [7, 11) is 0. The van der Waals surface area contributed by atoms with E-state index < -0.39 is 0 Å². The number of hydrogen-bond donors (Lipinski definition) is 0. The minimum atomic E-state index is -0.375. The molecule has 0 aromatic heterocycles. The molecule has 0 fully saturated rings. The first-order chi connectivity index (χ1) is 35.0. The fraction of sp³-hybridized carbons (Fsp3) is 0.500. The highest BCUT2D eigenvalue weighted by Crippen LogP contribution is 2.58. The first kappa shape index (κ1) is 57.4. The number of aryl methyl sites for hydroxylation is 7. The third-order valence-electron chi connectivity index (χ3n) is 16.7. The van der Waals surface area contributed by atoms with Gasteiger partial charge in [0.15, 0.2) is 0 Å². The smallest absolute Gasteiger partial charge is 0.122 e. The van der Waals surface area contributed by atoms with Crippen molar-refractivity contribution in [1.29, 1.82) is 0 Å². The molecule has 0 radical (unpaired) electrons. The van der Waals surface area contributed by atoms with Crippen LogP contribution in [0, 0.1) is 48.5 Å². The van der Waals surface area contributed by atoms with Crippen LogP contribution in [0.15, 0.2) is 109 Å². The molecule has 0 saturated heterocycles. The molecule has 0 unspecified atom stereocenters. The predicted molar refractivity (Wildman–Crippen MR) is 320 cm³/mol. The molecule has 0 amide bonds.